The Morgan fingerprint density at radius 3 is 1.90 bits per heavy atom. The van der Waals surface area contributed by atoms with E-state index in [-0.39, 0.29) is 31.4 Å². The lowest BCUT2D eigenvalue weighted by Crippen LogP contribution is -2.47. The Bertz CT molecular complexity index is 712. The van der Waals surface area contributed by atoms with Crippen LogP contribution in [-0.2, 0) is 12.8 Å². The summed E-state index contributed by atoms with van der Waals surface area (Å²) in [5.41, 5.74) is 2.39. The normalized spacial score (nSPS) is 14.7. The van der Waals surface area contributed by atoms with E-state index in [9.17, 15) is 4.39 Å². The second-order valence-corrected chi connectivity index (χ2v) is 7.33. The summed E-state index contributed by atoms with van der Waals surface area (Å²) in [5.74, 6) is 0.813. The van der Waals surface area contributed by atoms with E-state index in [4.69, 9.17) is 16.3 Å². The number of benzene rings is 2. The molecule has 0 unspecified atom stereocenters. The first-order valence-electron chi connectivity index (χ1n) is 9.71. The molecule has 3 nitrogen and oxygen atoms in total. The van der Waals surface area contributed by atoms with Crippen LogP contribution < -0.4 is 4.74 Å². The van der Waals surface area contributed by atoms with Gasteiger partial charge >= 0.3 is 0 Å². The lowest BCUT2D eigenvalue weighted by molar-refractivity contribution is 0.134. The molecule has 162 valence electrons. The Hall–Kier alpha value is -1.04. The van der Waals surface area contributed by atoms with Crippen LogP contribution in [0.1, 0.15) is 11.1 Å². The highest BCUT2D eigenvalue weighted by Gasteiger charge is 2.17. The molecule has 2 aromatic carbocycles. The lowest BCUT2D eigenvalue weighted by Gasteiger charge is -2.34. The number of rotatable bonds is 9. The summed E-state index contributed by atoms with van der Waals surface area (Å²) in [6.07, 6.45) is 1.93. The first-order chi connectivity index (χ1) is 13.3. The van der Waals surface area contributed by atoms with Crippen molar-refractivity contribution < 1.29 is 9.13 Å². The molecule has 29 heavy (non-hydrogen) atoms. The second kappa shape index (κ2) is 14.1. The highest BCUT2D eigenvalue weighted by atomic mass is 35.5. The van der Waals surface area contributed by atoms with Crippen molar-refractivity contribution in [3.8, 4) is 5.75 Å². The number of para-hydroxylation sites is 1. The van der Waals surface area contributed by atoms with Gasteiger partial charge in [0.2, 0.25) is 0 Å². The summed E-state index contributed by atoms with van der Waals surface area (Å²) in [5, 5.41) is 0.866. The maximum Gasteiger partial charge on any atom is 0.123 e. The monoisotopic (exact) mass is 462 g/mol. The maximum absolute atomic E-state index is 12.4. The van der Waals surface area contributed by atoms with Crippen LogP contribution in [0.3, 0.4) is 0 Å². The SMILES string of the molecule is Cl.Cl.FCCOc1ccccc1CCN1CCN(CCc2ccccc2Cl)CC1. The summed E-state index contributed by atoms with van der Waals surface area (Å²) in [4.78, 5) is 5.01. The third kappa shape index (κ3) is 8.31. The van der Waals surface area contributed by atoms with Crippen LogP contribution in [0.25, 0.3) is 0 Å². The largest absolute Gasteiger partial charge is 0.491 e. The van der Waals surface area contributed by atoms with E-state index < -0.39 is 6.67 Å². The molecule has 3 rings (SSSR count). The number of piperazine rings is 1. The fourth-order valence-corrected chi connectivity index (χ4v) is 3.72. The van der Waals surface area contributed by atoms with Gasteiger partial charge in [-0.1, -0.05) is 48.0 Å². The molecule has 0 N–H and O–H groups in total. The summed E-state index contributed by atoms with van der Waals surface area (Å²) in [7, 11) is 0. The quantitative estimate of drug-likeness (QED) is 0.524. The van der Waals surface area contributed by atoms with Crippen molar-refractivity contribution in [1.82, 2.24) is 9.80 Å². The molecule has 0 saturated carbocycles. The molecule has 1 heterocycles. The molecule has 1 saturated heterocycles. The van der Waals surface area contributed by atoms with Crippen LogP contribution in [-0.4, -0.2) is 62.3 Å². The molecule has 1 aliphatic rings. The minimum absolute atomic E-state index is 0. The second-order valence-electron chi connectivity index (χ2n) is 6.92. The van der Waals surface area contributed by atoms with Crippen molar-refractivity contribution in [2.24, 2.45) is 0 Å². The van der Waals surface area contributed by atoms with E-state index in [2.05, 4.69) is 21.9 Å². The number of hydrogen-bond donors (Lipinski definition) is 0. The van der Waals surface area contributed by atoms with E-state index in [0.717, 1.165) is 68.4 Å². The zero-order chi connectivity index (χ0) is 18.9. The first kappa shape index (κ1) is 26.0. The molecule has 7 heteroatoms. The predicted molar refractivity (Wildman–Crippen MR) is 124 cm³/mol. The summed E-state index contributed by atoms with van der Waals surface area (Å²) in [6, 6.07) is 16.1. The van der Waals surface area contributed by atoms with Gasteiger partial charge in [-0.3, -0.25) is 0 Å². The third-order valence-electron chi connectivity index (χ3n) is 5.12. The molecular formula is C22H30Cl3FN2O. The van der Waals surface area contributed by atoms with Crippen LogP contribution >= 0.6 is 36.4 Å². The Morgan fingerprint density at radius 2 is 1.31 bits per heavy atom. The predicted octanol–water partition coefficient (Wildman–Crippen LogP) is 4.93. The van der Waals surface area contributed by atoms with Crippen molar-refractivity contribution in [2.75, 3.05) is 52.6 Å². The smallest absolute Gasteiger partial charge is 0.123 e. The average molecular weight is 464 g/mol. The average Bonchev–Trinajstić information content (AvgIpc) is 2.71. The Morgan fingerprint density at radius 1 is 0.793 bits per heavy atom. The minimum Gasteiger partial charge on any atom is -0.491 e. The van der Waals surface area contributed by atoms with Gasteiger partial charge < -0.3 is 14.5 Å². The summed E-state index contributed by atoms with van der Waals surface area (Å²) in [6.45, 7) is 6.07. The highest BCUT2D eigenvalue weighted by Crippen LogP contribution is 2.19. The van der Waals surface area contributed by atoms with E-state index in [1.807, 2.05) is 36.4 Å². The van der Waals surface area contributed by atoms with Gasteiger partial charge in [-0.15, -0.1) is 24.8 Å². The van der Waals surface area contributed by atoms with Crippen molar-refractivity contribution in [2.45, 2.75) is 12.8 Å². The van der Waals surface area contributed by atoms with Crippen LogP contribution in [0.15, 0.2) is 48.5 Å². The number of halogens is 4. The van der Waals surface area contributed by atoms with Crippen molar-refractivity contribution in [1.29, 1.82) is 0 Å². The van der Waals surface area contributed by atoms with Gasteiger partial charge in [-0.2, -0.15) is 0 Å². The van der Waals surface area contributed by atoms with Crippen molar-refractivity contribution >= 4 is 36.4 Å². The Balaban J connectivity index is 0.00000210. The molecule has 0 amide bonds. The number of ether oxygens (including phenoxy) is 1. The van der Waals surface area contributed by atoms with Gasteiger partial charge in [0.1, 0.15) is 19.0 Å². The fraction of sp³-hybridized carbons (Fsp3) is 0.455. The number of nitrogens with zero attached hydrogens (tertiary/aromatic N) is 2. The van der Waals surface area contributed by atoms with E-state index in [1.54, 1.807) is 0 Å². The first-order valence-corrected chi connectivity index (χ1v) is 10.1. The van der Waals surface area contributed by atoms with Gasteiger partial charge in [0.25, 0.3) is 0 Å². The van der Waals surface area contributed by atoms with E-state index >= 15 is 0 Å². The fourth-order valence-electron chi connectivity index (χ4n) is 3.49. The molecule has 0 bridgehead atoms. The molecule has 2 aromatic rings. The number of hydrogen-bond acceptors (Lipinski definition) is 3. The molecule has 0 aromatic heterocycles. The molecule has 0 atom stereocenters. The van der Waals surface area contributed by atoms with Gasteiger partial charge in [0.15, 0.2) is 0 Å². The van der Waals surface area contributed by atoms with Crippen LogP contribution in [0.2, 0.25) is 5.02 Å². The standard InChI is InChI=1S/C22H28ClFN2O.2ClH/c23-21-7-3-1-5-19(21)9-12-25-14-16-26(17-15-25)13-10-20-6-2-4-8-22(20)27-18-11-24;;/h1-8H,9-18H2;2*1H. The topological polar surface area (TPSA) is 15.7 Å². The summed E-state index contributed by atoms with van der Waals surface area (Å²) >= 11 is 6.25. The zero-order valence-corrected chi connectivity index (χ0v) is 19.0. The van der Waals surface area contributed by atoms with Crippen LogP contribution in [0, 0.1) is 0 Å². The lowest BCUT2D eigenvalue weighted by atomic mass is 10.1. The summed E-state index contributed by atoms with van der Waals surface area (Å²) < 4.78 is 17.9. The number of alkyl halides is 1. The van der Waals surface area contributed by atoms with Gasteiger partial charge in [0, 0.05) is 44.3 Å². The maximum atomic E-state index is 12.4. The van der Waals surface area contributed by atoms with Crippen LogP contribution in [0.5, 0.6) is 5.75 Å². The Labute approximate surface area is 191 Å². The van der Waals surface area contributed by atoms with Crippen molar-refractivity contribution in [3.63, 3.8) is 0 Å². The molecule has 1 fully saturated rings. The molecule has 0 spiro atoms. The molecule has 0 aliphatic carbocycles. The Kier molecular flexibility index (Phi) is 12.6. The molecule has 0 radical (unpaired) electrons. The van der Waals surface area contributed by atoms with Gasteiger partial charge in [-0.25, -0.2) is 4.39 Å². The van der Waals surface area contributed by atoms with Gasteiger partial charge in [0.05, 0.1) is 0 Å². The minimum atomic E-state index is -0.454. The van der Waals surface area contributed by atoms with Crippen molar-refractivity contribution in [3.05, 3.63) is 64.7 Å². The zero-order valence-electron chi connectivity index (χ0n) is 16.6. The third-order valence-corrected chi connectivity index (χ3v) is 5.49. The van der Waals surface area contributed by atoms with Gasteiger partial charge in [-0.05, 0) is 36.1 Å². The highest BCUT2D eigenvalue weighted by molar-refractivity contribution is 6.31. The van der Waals surface area contributed by atoms with E-state index in [1.165, 1.54) is 5.56 Å². The molecular weight excluding hydrogens is 434 g/mol. The van der Waals surface area contributed by atoms with E-state index in [0.29, 0.717) is 0 Å². The molecule has 1 aliphatic heterocycles. The van der Waals surface area contributed by atoms with Crippen LogP contribution in [0.4, 0.5) is 4.39 Å².